The SMILES string of the molecule is CCC(CC)c1ccc(Nc2ccc(-c3ccc(O)cc3)cc2)cc1. The first kappa shape index (κ1) is 17.1. The van der Waals surface area contributed by atoms with E-state index in [2.05, 4.69) is 67.7 Å². The van der Waals surface area contributed by atoms with Crippen molar-refractivity contribution < 1.29 is 5.11 Å². The number of nitrogens with one attached hydrogen (secondary N) is 1. The second kappa shape index (κ2) is 7.89. The Kier molecular flexibility index (Phi) is 5.39. The molecule has 0 saturated carbocycles. The van der Waals surface area contributed by atoms with Crippen LogP contribution in [0, 0.1) is 0 Å². The highest BCUT2D eigenvalue weighted by Crippen LogP contribution is 2.27. The lowest BCUT2D eigenvalue weighted by atomic mass is 9.94. The number of aromatic hydroxyl groups is 1. The van der Waals surface area contributed by atoms with Crippen LogP contribution in [0.5, 0.6) is 5.75 Å². The molecule has 0 aliphatic rings. The lowest BCUT2D eigenvalue weighted by molar-refractivity contribution is 0.475. The van der Waals surface area contributed by atoms with Gasteiger partial charge in [-0.15, -0.1) is 0 Å². The maximum absolute atomic E-state index is 9.39. The van der Waals surface area contributed by atoms with Crippen LogP contribution < -0.4 is 5.32 Å². The smallest absolute Gasteiger partial charge is 0.115 e. The Morgan fingerprint density at radius 2 is 1.12 bits per heavy atom. The molecule has 2 heteroatoms. The maximum atomic E-state index is 9.39. The maximum Gasteiger partial charge on any atom is 0.115 e. The summed E-state index contributed by atoms with van der Waals surface area (Å²) >= 11 is 0. The summed E-state index contributed by atoms with van der Waals surface area (Å²) in [6, 6.07) is 24.4. The van der Waals surface area contributed by atoms with Crippen molar-refractivity contribution in [2.75, 3.05) is 5.32 Å². The van der Waals surface area contributed by atoms with E-state index < -0.39 is 0 Å². The van der Waals surface area contributed by atoms with Crippen molar-refractivity contribution in [1.82, 2.24) is 0 Å². The van der Waals surface area contributed by atoms with E-state index in [0.717, 1.165) is 22.5 Å². The van der Waals surface area contributed by atoms with Gasteiger partial charge in [-0.05, 0) is 71.8 Å². The molecule has 0 aromatic heterocycles. The lowest BCUT2D eigenvalue weighted by Crippen LogP contribution is -1.96. The van der Waals surface area contributed by atoms with Crippen molar-refractivity contribution >= 4 is 11.4 Å². The molecule has 0 unspecified atom stereocenters. The monoisotopic (exact) mass is 331 g/mol. The van der Waals surface area contributed by atoms with Gasteiger partial charge in [0, 0.05) is 11.4 Å². The molecule has 0 heterocycles. The third kappa shape index (κ3) is 4.21. The molecule has 128 valence electrons. The Balaban J connectivity index is 1.70. The minimum absolute atomic E-state index is 0.291. The molecule has 0 radical (unpaired) electrons. The van der Waals surface area contributed by atoms with E-state index in [0.29, 0.717) is 11.7 Å². The van der Waals surface area contributed by atoms with Gasteiger partial charge < -0.3 is 10.4 Å². The normalized spacial score (nSPS) is 10.8. The average molecular weight is 331 g/mol. The third-order valence-electron chi connectivity index (χ3n) is 4.74. The van der Waals surface area contributed by atoms with Gasteiger partial charge in [0.2, 0.25) is 0 Å². The molecule has 0 fully saturated rings. The molecule has 0 aliphatic carbocycles. The molecule has 3 rings (SSSR count). The molecule has 0 bridgehead atoms. The van der Waals surface area contributed by atoms with Crippen molar-refractivity contribution in [1.29, 1.82) is 0 Å². The summed E-state index contributed by atoms with van der Waals surface area (Å²) in [7, 11) is 0. The van der Waals surface area contributed by atoms with E-state index in [-0.39, 0.29) is 0 Å². The Morgan fingerprint density at radius 3 is 1.60 bits per heavy atom. The Morgan fingerprint density at radius 1 is 0.680 bits per heavy atom. The zero-order valence-electron chi connectivity index (χ0n) is 14.9. The van der Waals surface area contributed by atoms with Crippen molar-refractivity contribution in [3.63, 3.8) is 0 Å². The summed E-state index contributed by atoms with van der Waals surface area (Å²) in [6.45, 7) is 4.49. The number of anilines is 2. The molecular formula is C23H25NO. The number of phenols is 1. The number of benzene rings is 3. The highest BCUT2D eigenvalue weighted by molar-refractivity contribution is 5.68. The number of rotatable bonds is 6. The van der Waals surface area contributed by atoms with Crippen LogP contribution in [0.3, 0.4) is 0 Å². The van der Waals surface area contributed by atoms with Crippen LogP contribution in [0.15, 0.2) is 72.8 Å². The summed E-state index contributed by atoms with van der Waals surface area (Å²) < 4.78 is 0. The van der Waals surface area contributed by atoms with Crippen molar-refractivity contribution in [2.24, 2.45) is 0 Å². The van der Waals surface area contributed by atoms with Gasteiger partial charge in [-0.2, -0.15) is 0 Å². The van der Waals surface area contributed by atoms with E-state index in [1.807, 2.05) is 12.1 Å². The zero-order valence-corrected chi connectivity index (χ0v) is 14.9. The van der Waals surface area contributed by atoms with Crippen molar-refractivity contribution in [3.8, 4) is 16.9 Å². The highest BCUT2D eigenvalue weighted by Gasteiger charge is 2.06. The summed E-state index contributed by atoms with van der Waals surface area (Å²) in [6.07, 6.45) is 2.37. The number of phenolic OH excluding ortho intramolecular Hbond substituents is 1. The van der Waals surface area contributed by atoms with Crippen molar-refractivity contribution in [2.45, 2.75) is 32.6 Å². The second-order valence-corrected chi connectivity index (χ2v) is 6.38. The van der Waals surface area contributed by atoms with Crippen LogP contribution in [0.25, 0.3) is 11.1 Å². The minimum Gasteiger partial charge on any atom is -0.508 e. The van der Waals surface area contributed by atoms with Crippen LogP contribution in [-0.2, 0) is 0 Å². The van der Waals surface area contributed by atoms with Crippen LogP contribution in [0.4, 0.5) is 11.4 Å². The molecule has 25 heavy (non-hydrogen) atoms. The largest absolute Gasteiger partial charge is 0.508 e. The predicted octanol–water partition coefficient (Wildman–Crippen LogP) is 6.71. The molecule has 0 aliphatic heterocycles. The molecule has 0 saturated heterocycles. The molecule has 0 atom stereocenters. The molecule has 3 aromatic rings. The van der Waals surface area contributed by atoms with Gasteiger partial charge in [-0.1, -0.05) is 50.2 Å². The molecular weight excluding hydrogens is 306 g/mol. The summed E-state index contributed by atoms with van der Waals surface area (Å²) in [5.41, 5.74) is 5.82. The fourth-order valence-corrected chi connectivity index (χ4v) is 3.17. The van der Waals surface area contributed by atoms with Gasteiger partial charge in [-0.3, -0.25) is 0 Å². The first-order valence-corrected chi connectivity index (χ1v) is 8.96. The van der Waals surface area contributed by atoms with E-state index >= 15 is 0 Å². The van der Waals surface area contributed by atoms with Crippen LogP contribution >= 0.6 is 0 Å². The number of hydrogen-bond acceptors (Lipinski definition) is 2. The fraction of sp³-hybridized carbons (Fsp3) is 0.217. The van der Waals surface area contributed by atoms with Gasteiger partial charge in [-0.25, -0.2) is 0 Å². The van der Waals surface area contributed by atoms with Gasteiger partial charge in [0.1, 0.15) is 5.75 Å². The topological polar surface area (TPSA) is 32.3 Å². The van der Waals surface area contributed by atoms with E-state index in [9.17, 15) is 5.11 Å². The summed E-state index contributed by atoms with van der Waals surface area (Å²) in [5.74, 6) is 0.942. The quantitative estimate of drug-likeness (QED) is 0.526. The zero-order chi connectivity index (χ0) is 17.6. The molecule has 0 spiro atoms. The van der Waals surface area contributed by atoms with E-state index in [1.54, 1.807) is 12.1 Å². The Hall–Kier alpha value is -2.74. The van der Waals surface area contributed by atoms with Crippen LogP contribution in [0.2, 0.25) is 0 Å². The molecule has 2 N–H and O–H groups in total. The molecule has 2 nitrogen and oxygen atoms in total. The molecule has 0 amide bonds. The highest BCUT2D eigenvalue weighted by atomic mass is 16.3. The van der Waals surface area contributed by atoms with E-state index in [1.165, 1.54) is 18.4 Å². The van der Waals surface area contributed by atoms with E-state index in [4.69, 9.17) is 0 Å². The van der Waals surface area contributed by atoms with Crippen molar-refractivity contribution in [3.05, 3.63) is 78.4 Å². The van der Waals surface area contributed by atoms with Gasteiger partial charge in [0.15, 0.2) is 0 Å². The molecule has 3 aromatic carbocycles. The van der Waals surface area contributed by atoms with Crippen LogP contribution in [-0.4, -0.2) is 5.11 Å². The number of hydrogen-bond donors (Lipinski definition) is 2. The first-order valence-electron chi connectivity index (χ1n) is 8.96. The van der Waals surface area contributed by atoms with Crippen LogP contribution in [0.1, 0.15) is 38.2 Å². The third-order valence-corrected chi connectivity index (χ3v) is 4.74. The fourth-order valence-electron chi connectivity index (χ4n) is 3.17. The minimum atomic E-state index is 0.291. The Bertz CT molecular complexity index is 785. The van der Waals surface area contributed by atoms with Gasteiger partial charge >= 0.3 is 0 Å². The van der Waals surface area contributed by atoms with Gasteiger partial charge in [0.25, 0.3) is 0 Å². The summed E-state index contributed by atoms with van der Waals surface area (Å²) in [4.78, 5) is 0. The standard InChI is InChI=1S/C23H25NO/c1-3-17(4-2)18-5-11-21(12-6-18)24-22-13-7-19(8-14-22)20-9-15-23(25)16-10-20/h5-17,24-25H,3-4H2,1-2H3. The van der Waals surface area contributed by atoms with Gasteiger partial charge in [0.05, 0.1) is 0 Å². The Labute approximate surface area is 150 Å². The lowest BCUT2D eigenvalue weighted by Gasteiger charge is -2.14. The summed E-state index contributed by atoms with van der Waals surface area (Å²) in [5, 5.41) is 12.8. The second-order valence-electron chi connectivity index (χ2n) is 6.38. The predicted molar refractivity (Wildman–Crippen MR) is 107 cm³/mol. The average Bonchev–Trinajstić information content (AvgIpc) is 2.65. The first-order chi connectivity index (χ1) is 12.2.